The Morgan fingerprint density at radius 3 is 2.41 bits per heavy atom. The van der Waals surface area contributed by atoms with Crippen LogP contribution in [0.15, 0.2) is 30.3 Å². The molecular weight excluding hydrogens is 278 g/mol. The number of hydrogen-bond donors (Lipinski definition) is 4. The van der Waals surface area contributed by atoms with Crippen LogP contribution in [0.3, 0.4) is 0 Å². The minimum Gasteiger partial charge on any atom is -0.393 e. The Kier molecular flexibility index (Phi) is 7.18. The summed E-state index contributed by atoms with van der Waals surface area (Å²) in [4.78, 5) is 11.8. The van der Waals surface area contributed by atoms with Gasteiger partial charge in [0, 0.05) is 24.8 Å². The molecule has 124 valence electrons. The molecule has 1 aromatic carbocycles. The van der Waals surface area contributed by atoms with Gasteiger partial charge in [0.1, 0.15) is 0 Å². The number of urea groups is 1. The number of nitrogens with one attached hydrogen (secondary N) is 3. The molecule has 0 aliphatic heterocycles. The fraction of sp³-hybridized carbons (Fsp3) is 0.588. The van der Waals surface area contributed by atoms with Gasteiger partial charge in [0.2, 0.25) is 0 Å². The molecule has 0 radical (unpaired) electrons. The Morgan fingerprint density at radius 2 is 1.82 bits per heavy atom. The minimum atomic E-state index is -0.366. The Morgan fingerprint density at radius 1 is 1.18 bits per heavy atom. The molecule has 22 heavy (non-hydrogen) atoms. The fourth-order valence-electron chi connectivity index (χ4n) is 2.37. The van der Waals surface area contributed by atoms with Crippen molar-refractivity contribution >= 4 is 11.7 Å². The van der Waals surface area contributed by atoms with E-state index in [1.165, 1.54) is 0 Å². The molecule has 0 heterocycles. The van der Waals surface area contributed by atoms with Gasteiger partial charge in [-0.2, -0.15) is 0 Å². The Balaban J connectivity index is 2.25. The summed E-state index contributed by atoms with van der Waals surface area (Å²) in [7, 11) is 0. The highest BCUT2D eigenvalue weighted by Crippen LogP contribution is 2.20. The maximum Gasteiger partial charge on any atom is 0.314 e. The van der Waals surface area contributed by atoms with E-state index in [9.17, 15) is 9.90 Å². The van der Waals surface area contributed by atoms with Crippen molar-refractivity contribution in [2.75, 3.05) is 18.4 Å². The van der Waals surface area contributed by atoms with Crippen LogP contribution in [-0.4, -0.2) is 36.4 Å². The molecule has 2 atom stereocenters. The van der Waals surface area contributed by atoms with Crippen LogP contribution in [-0.2, 0) is 0 Å². The van der Waals surface area contributed by atoms with E-state index >= 15 is 0 Å². The monoisotopic (exact) mass is 307 g/mol. The summed E-state index contributed by atoms with van der Waals surface area (Å²) >= 11 is 0. The molecule has 2 unspecified atom stereocenters. The summed E-state index contributed by atoms with van der Waals surface area (Å²) in [6.07, 6.45) is 0.286. The van der Waals surface area contributed by atoms with E-state index in [-0.39, 0.29) is 23.6 Å². The van der Waals surface area contributed by atoms with Crippen molar-refractivity contribution in [3.05, 3.63) is 30.3 Å². The minimum absolute atomic E-state index is 0.126. The van der Waals surface area contributed by atoms with Crippen LogP contribution in [0.5, 0.6) is 0 Å². The van der Waals surface area contributed by atoms with E-state index in [2.05, 4.69) is 16.0 Å². The van der Waals surface area contributed by atoms with Gasteiger partial charge in [-0.25, -0.2) is 4.79 Å². The van der Waals surface area contributed by atoms with Gasteiger partial charge in [-0.3, -0.25) is 0 Å². The lowest BCUT2D eigenvalue weighted by Crippen LogP contribution is -2.44. The summed E-state index contributed by atoms with van der Waals surface area (Å²) in [5.74, 6) is 0. The zero-order valence-corrected chi connectivity index (χ0v) is 14.0. The summed E-state index contributed by atoms with van der Waals surface area (Å²) in [5, 5.41) is 18.5. The molecule has 1 aromatic rings. The van der Waals surface area contributed by atoms with E-state index in [1.807, 2.05) is 51.1 Å². The number of amides is 2. The molecule has 2 amide bonds. The molecule has 0 aliphatic rings. The largest absolute Gasteiger partial charge is 0.393 e. The van der Waals surface area contributed by atoms with Crippen LogP contribution in [0.2, 0.25) is 0 Å². The van der Waals surface area contributed by atoms with Crippen LogP contribution >= 0.6 is 0 Å². The van der Waals surface area contributed by atoms with E-state index in [0.717, 1.165) is 5.69 Å². The molecule has 4 N–H and O–H groups in total. The van der Waals surface area contributed by atoms with Gasteiger partial charge in [0.25, 0.3) is 0 Å². The standard InChI is InChI=1S/C17H29N3O2/c1-13(20-15-8-6-5-7-9-15)11-18-16(22)19-12-17(3,4)10-14(2)21/h5-9,13-14,20-21H,10-12H2,1-4H3,(H2,18,19,22). The molecule has 0 fully saturated rings. The molecule has 5 nitrogen and oxygen atoms in total. The SMILES string of the molecule is CC(O)CC(C)(C)CNC(=O)NCC(C)Nc1ccccc1. The first-order chi connectivity index (χ1) is 10.3. The molecule has 0 aromatic heterocycles. The third kappa shape index (κ3) is 7.88. The quantitative estimate of drug-likeness (QED) is 0.596. The van der Waals surface area contributed by atoms with E-state index in [0.29, 0.717) is 19.5 Å². The molecule has 0 saturated heterocycles. The van der Waals surface area contributed by atoms with Gasteiger partial charge < -0.3 is 21.1 Å². The number of aliphatic hydroxyl groups excluding tert-OH is 1. The van der Waals surface area contributed by atoms with Crippen molar-refractivity contribution in [2.24, 2.45) is 5.41 Å². The number of rotatable bonds is 8. The normalized spacial score (nSPS) is 14.0. The number of carbonyl (C=O) groups is 1. The van der Waals surface area contributed by atoms with Crippen molar-refractivity contribution in [3.8, 4) is 0 Å². The number of carbonyl (C=O) groups excluding carboxylic acids is 1. The topological polar surface area (TPSA) is 73.4 Å². The highest BCUT2D eigenvalue weighted by molar-refractivity contribution is 5.73. The van der Waals surface area contributed by atoms with Crippen LogP contribution in [0, 0.1) is 5.41 Å². The van der Waals surface area contributed by atoms with Crippen molar-refractivity contribution in [2.45, 2.75) is 46.3 Å². The van der Waals surface area contributed by atoms with Crippen LogP contribution in [0.4, 0.5) is 10.5 Å². The van der Waals surface area contributed by atoms with E-state index in [4.69, 9.17) is 0 Å². The lowest BCUT2D eigenvalue weighted by molar-refractivity contribution is 0.129. The molecule has 0 aliphatic carbocycles. The summed E-state index contributed by atoms with van der Waals surface area (Å²) in [6, 6.07) is 9.86. The van der Waals surface area contributed by atoms with Gasteiger partial charge in [-0.1, -0.05) is 32.0 Å². The molecule has 5 heteroatoms. The molecule has 0 bridgehead atoms. The molecular formula is C17H29N3O2. The van der Waals surface area contributed by atoms with Gasteiger partial charge >= 0.3 is 6.03 Å². The maximum absolute atomic E-state index is 11.8. The summed E-state index contributed by atoms with van der Waals surface area (Å²) < 4.78 is 0. The Hall–Kier alpha value is -1.75. The van der Waals surface area contributed by atoms with Crippen LogP contribution in [0.1, 0.15) is 34.1 Å². The van der Waals surface area contributed by atoms with E-state index in [1.54, 1.807) is 6.92 Å². The highest BCUT2D eigenvalue weighted by atomic mass is 16.3. The number of hydrogen-bond acceptors (Lipinski definition) is 3. The Labute approximate surface area is 133 Å². The zero-order chi connectivity index (χ0) is 16.6. The zero-order valence-electron chi connectivity index (χ0n) is 14.0. The molecule has 1 rings (SSSR count). The van der Waals surface area contributed by atoms with Crippen molar-refractivity contribution in [1.82, 2.24) is 10.6 Å². The van der Waals surface area contributed by atoms with E-state index < -0.39 is 0 Å². The first kappa shape index (κ1) is 18.3. The second-order valence-electron chi connectivity index (χ2n) is 6.69. The van der Waals surface area contributed by atoms with Gasteiger partial charge in [0.05, 0.1) is 6.10 Å². The fourth-order valence-corrected chi connectivity index (χ4v) is 2.37. The predicted molar refractivity (Wildman–Crippen MR) is 91.0 cm³/mol. The second kappa shape index (κ2) is 8.63. The smallest absolute Gasteiger partial charge is 0.314 e. The number of benzene rings is 1. The third-order valence-electron chi connectivity index (χ3n) is 3.33. The Bertz CT molecular complexity index is 446. The average molecular weight is 307 g/mol. The number of anilines is 1. The lowest BCUT2D eigenvalue weighted by Gasteiger charge is -2.26. The number of para-hydroxylation sites is 1. The first-order valence-corrected chi connectivity index (χ1v) is 7.80. The maximum atomic E-state index is 11.8. The van der Waals surface area contributed by atoms with Gasteiger partial charge in [0.15, 0.2) is 0 Å². The lowest BCUT2D eigenvalue weighted by atomic mass is 9.87. The predicted octanol–water partition coefficient (Wildman–Crippen LogP) is 2.58. The second-order valence-corrected chi connectivity index (χ2v) is 6.69. The third-order valence-corrected chi connectivity index (χ3v) is 3.33. The van der Waals surface area contributed by atoms with Crippen molar-refractivity contribution in [1.29, 1.82) is 0 Å². The molecule has 0 saturated carbocycles. The molecule has 0 spiro atoms. The average Bonchev–Trinajstić information content (AvgIpc) is 2.43. The summed E-state index contributed by atoms with van der Waals surface area (Å²) in [6.45, 7) is 8.91. The van der Waals surface area contributed by atoms with Gasteiger partial charge in [-0.15, -0.1) is 0 Å². The van der Waals surface area contributed by atoms with Crippen molar-refractivity contribution in [3.63, 3.8) is 0 Å². The van der Waals surface area contributed by atoms with Crippen LogP contribution in [0.25, 0.3) is 0 Å². The summed E-state index contributed by atoms with van der Waals surface area (Å²) in [5.41, 5.74) is 0.912. The van der Waals surface area contributed by atoms with Gasteiger partial charge in [-0.05, 0) is 37.8 Å². The highest BCUT2D eigenvalue weighted by Gasteiger charge is 2.21. The first-order valence-electron chi connectivity index (χ1n) is 7.80. The van der Waals surface area contributed by atoms with Crippen molar-refractivity contribution < 1.29 is 9.90 Å². The number of aliphatic hydroxyl groups is 1. The van der Waals surface area contributed by atoms with Crippen LogP contribution < -0.4 is 16.0 Å².